The Morgan fingerprint density at radius 3 is 1.68 bits per heavy atom. The number of imidazole rings is 2. The number of aryl methyl sites for hydroxylation is 2. The molecule has 3 aromatic heterocycles. The molecular weight excluding hydrogens is 333 g/mol. The molecule has 3 heterocycles. The molecule has 0 N–H and O–H groups in total. The summed E-state index contributed by atoms with van der Waals surface area (Å²) >= 11 is 16.5. The van der Waals surface area contributed by atoms with E-state index in [0.717, 1.165) is 0 Å². The van der Waals surface area contributed by atoms with Crippen LogP contribution in [0.25, 0.3) is 0 Å². The van der Waals surface area contributed by atoms with Crippen molar-refractivity contribution in [1.29, 1.82) is 0 Å². The van der Waals surface area contributed by atoms with Crippen LogP contribution in [0.4, 0.5) is 0 Å². The molecule has 3 rings (SSSR count). The standard InChI is InChI=1S/C13H14BN5S3/c1-15-7-9-18(12(15)21)14(17-6-4-3-5-11(17)20)19-10-8-16(2)13(19)22/h3-10H,1-2H3. The molecule has 0 aliphatic rings. The van der Waals surface area contributed by atoms with Crippen molar-refractivity contribution in [3.63, 3.8) is 0 Å². The zero-order valence-electron chi connectivity index (χ0n) is 12.2. The molecule has 0 aliphatic heterocycles. The van der Waals surface area contributed by atoms with Gasteiger partial charge in [-0.25, -0.2) is 0 Å². The monoisotopic (exact) mass is 347 g/mol. The summed E-state index contributed by atoms with van der Waals surface area (Å²) in [5, 5.41) is 0. The first-order valence-corrected chi connectivity index (χ1v) is 7.87. The van der Waals surface area contributed by atoms with Gasteiger partial charge in [0.2, 0.25) is 0 Å². The molecule has 0 amide bonds. The fraction of sp³-hybridized carbons (Fsp3) is 0.154. The Balaban J connectivity index is 2.33. The van der Waals surface area contributed by atoms with E-state index in [-0.39, 0.29) is 7.12 Å². The molecule has 0 bridgehead atoms. The first-order chi connectivity index (χ1) is 10.5. The maximum atomic E-state index is 5.52. The van der Waals surface area contributed by atoms with E-state index in [1.807, 2.05) is 85.8 Å². The number of rotatable bonds is 3. The summed E-state index contributed by atoms with van der Waals surface area (Å²) in [5.41, 5.74) is 0. The van der Waals surface area contributed by atoms with Crippen molar-refractivity contribution < 1.29 is 0 Å². The Labute approximate surface area is 143 Å². The van der Waals surface area contributed by atoms with Crippen LogP contribution in [0.15, 0.2) is 49.2 Å². The Bertz CT molecular complexity index is 936. The van der Waals surface area contributed by atoms with Crippen LogP contribution in [0.1, 0.15) is 0 Å². The number of pyridine rings is 1. The van der Waals surface area contributed by atoms with Crippen molar-refractivity contribution in [3.05, 3.63) is 63.4 Å². The predicted octanol–water partition coefficient (Wildman–Crippen LogP) is 2.89. The van der Waals surface area contributed by atoms with Crippen molar-refractivity contribution in [2.24, 2.45) is 14.1 Å². The predicted molar refractivity (Wildman–Crippen MR) is 95.7 cm³/mol. The summed E-state index contributed by atoms with van der Waals surface area (Å²) in [7, 11) is 3.57. The Hall–Kier alpha value is -1.71. The molecule has 9 heteroatoms. The summed E-state index contributed by atoms with van der Waals surface area (Å²) in [6, 6.07) is 5.76. The minimum atomic E-state index is -0.268. The van der Waals surface area contributed by atoms with Crippen LogP contribution in [-0.2, 0) is 14.1 Å². The van der Waals surface area contributed by atoms with Crippen molar-refractivity contribution in [1.82, 2.24) is 22.6 Å². The highest BCUT2D eigenvalue weighted by Crippen LogP contribution is 2.07. The summed E-state index contributed by atoms with van der Waals surface area (Å²) in [5.74, 6) is 0. The third-order valence-corrected chi connectivity index (χ3v) is 4.89. The molecule has 0 atom stereocenters. The minimum absolute atomic E-state index is 0.268. The van der Waals surface area contributed by atoms with Crippen LogP contribution in [0.2, 0.25) is 0 Å². The minimum Gasteiger partial charge on any atom is -0.343 e. The maximum Gasteiger partial charge on any atom is 0.521 e. The zero-order chi connectivity index (χ0) is 15.9. The van der Waals surface area contributed by atoms with Gasteiger partial charge in [0.05, 0.1) is 4.64 Å². The Morgan fingerprint density at radius 1 is 0.727 bits per heavy atom. The lowest BCUT2D eigenvalue weighted by Gasteiger charge is -2.18. The fourth-order valence-electron chi connectivity index (χ4n) is 2.35. The SMILES string of the molecule is Cn1ccn(B(n2ccccc2=S)n2ccn(C)c2=S)c1=S. The quantitative estimate of drug-likeness (QED) is 0.538. The largest absolute Gasteiger partial charge is 0.521 e. The number of nitrogens with zero attached hydrogens (tertiary/aromatic N) is 5. The van der Waals surface area contributed by atoms with Gasteiger partial charge in [-0.1, -0.05) is 18.3 Å². The van der Waals surface area contributed by atoms with Gasteiger partial charge in [-0.15, -0.1) is 0 Å². The van der Waals surface area contributed by atoms with Crippen molar-refractivity contribution >= 4 is 43.8 Å². The molecule has 0 saturated heterocycles. The number of aromatic nitrogens is 5. The van der Waals surface area contributed by atoms with Crippen LogP contribution in [0.3, 0.4) is 0 Å². The fourth-order valence-corrected chi connectivity index (χ4v) is 3.01. The second-order valence-corrected chi connectivity index (χ2v) is 6.14. The maximum absolute atomic E-state index is 5.52. The molecule has 0 spiro atoms. The number of hydrogen-bond acceptors (Lipinski definition) is 3. The highest BCUT2D eigenvalue weighted by molar-refractivity contribution is 7.71. The van der Waals surface area contributed by atoms with E-state index in [2.05, 4.69) is 0 Å². The van der Waals surface area contributed by atoms with Gasteiger partial charge in [0.1, 0.15) is 0 Å². The van der Waals surface area contributed by atoms with E-state index in [0.29, 0.717) is 14.2 Å². The van der Waals surface area contributed by atoms with E-state index in [1.165, 1.54) is 0 Å². The van der Waals surface area contributed by atoms with Gasteiger partial charge in [-0.3, -0.25) is 0 Å². The molecule has 0 aliphatic carbocycles. The molecule has 0 radical (unpaired) electrons. The van der Waals surface area contributed by atoms with Crippen LogP contribution < -0.4 is 0 Å². The van der Waals surface area contributed by atoms with E-state index >= 15 is 0 Å². The summed E-state index contributed by atoms with van der Waals surface area (Å²) in [6.45, 7) is 0. The molecule has 5 nitrogen and oxygen atoms in total. The van der Waals surface area contributed by atoms with E-state index < -0.39 is 0 Å². The summed E-state index contributed by atoms with van der Waals surface area (Å²) in [6.07, 6.45) is 9.67. The molecule has 0 fully saturated rings. The zero-order valence-corrected chi connectivity index (χ0v) is 14.6. The van der Waals surface area contributed by atoms with Gasteiger partial charge in [-0.05, 0) is 42.8 Å². The lowest BCUT2D eigenvalue weighted by Crippen LogP contribution is -2.41. The normalized spacial score (nSPS) is 10.8. The topological polar surface area (TPSA) is 24.6 Å². The first-order valence-electron chi connectivity index (χ1n) is 6.65. The van der Waals surface area contributed by atoms with Crippen LogP contribution in [-0.4, -0.2) is 29.7 Å². The third kappa shape index (κ3) is 2.45. The average Bonchev–Trinajstić information content (AvgIpc) is 3.00. The molecule has 22 heavy (non-hydrogen) atoms. The Kier molecular flexibility index (Phi) is 4.03. The van der Waals surface area contributed by atoms with Gasteiger partial charge >= 0.3 is 7.12 Å². The van der Waals surface area contributed by atoms with Gasteiger partial charge in [0.25, 0.3) is 0 Å². The van der Waals surface area contributed by atoms with Crippen LogP contribution >= 0.6 is 36.7 Å². The smallest absolute Gasteiger partial charge is 0.343 e. The molecule has 0 unspecified atom stereocenters. The van der Waals surface area contributed by atoms with Crippen molar-refractivity contribution in [2.45, 2.75) is 0 Å². The van der Waals surface area contributed by atoms with Gasteiger partial charge in [0, 0.05) is 38.9 Å². The van der Waals surface area contributed by atoms with Gasteiger partial charge < -0.3 is 22.6 Å². The van der Waals surface area contributed by atoms with Crippen molar-refractivity contribution in [3.8, 4) is 0 Å². The lowest BCUT2D eigenvalue weighted by molar-refractivity contribution is 0.832. The highest BCUT2D eigenvalue weighted by Gasteiger charge is 2.26. The first kappa shape index (κ1) is 15.2. The highest BCUT2D eigenvalue weighted by atomic mass is 32.1. The second kappa shape index (κ2) is 5.83. The molecule has 0 aromatic carbocycles. The lowest BCUT2D eigenvalue weighted by atomic mass is 9.92. The van der Waals surface area contributed by atoms with E-state index in [9.17, 15) is 0 Å². The second-order valence-electron chi connectivity index (χ2n) is 4.99. The summed E-state index contributed by atoms with van der Waals surface area (Å²) < 4.78 is 11.8. The molecule has 112 valence electrons. The molecular formula is C13H14BN5S3. The summed E-state index contributed by atoms with van der Waals surface area (Å²) in [4.78, 5) is 0. The van der Waals surface area contributed by atoms with E-state index in [4.69, 9.17) is 36.7 Å². The Morgan fingerprint density at radius 2 is 1.27 bits per heavy atom. The third-order valence-electron chi connectivity index (χ3n) is 3.54. The average molecular weight is 347 g/mol. The molecule has 3 aromatic rings. The van der Waals surface area contributed by atoms with Crippen molar-refractivity contribution in [2.75, 3.05) is 0 Å². The van der Waals surface area contributed by atoms with Gasteiger partial charge in [-0.2, -0.15) is 0 Å². The van der Waals surface area contributed by atoms with Crippen LogP contribution in [0.5, 0.6) is 0 Å². The molecule has 0 saturated carbocycles. The number of hydrogen-bond donors (Lipinski definition) is 0. The van der Waals surface area contributed by atoms with E-state index in [1.54, 1.807) is 0 Å². The van der Waals surface area contributed by atoms with Crippen LogP contribution in [0, 0.1) is 14.2 Å². The van der Waals surface area contributed by atoms with Gasteiger partial charge in [0.15, 0.2) is 9.54 Å².